The minimum absolute atomic E-state index is 0.881. The van der Waals surface area contributed by atoms with Gasteiger partial charge in [0.2, 0.25) is 0 Å². The highest BCUT2D eigenvalue weighted by Crippen LogP contribution is 2.35. The van der Waals surface area contributed by atoms with Crippen LogP contribution in [0, 0.1) is 11.8 Å². The van der Waals surface area contributed by atoms with Gasteiger partial charge in [-0.25, -0.2) is 0 Å². The van der Waals surface area contributed by atoms with Gasteiger partial charge in [0.15, 0.2) is 0 Å². The Morgan fingerprint density at radius 1 is 0.788 bits per heavy atom. The minimum atomic E-state index is 0.881. The van der Waals surface area contributed by atoms with Crippen molar-refractivity contribution in [2.24, 2.45) is 0 Å². The molecule has 0 saturated carbocycles. The van der Waals surface area contributed by atoms with Gasteiger partial charge in [-0.1, -0.05) is 80.5 Å². The molecule has 5 rings (SSSR count). The second kappa shape index (κ2) is 9.76. The van der Waals surface area contributed by atoms with Crippen molar-refractivity contribution in [1.82, 2.24) is 4.98 Å². The largest absolute Gasteiger partial charge is 0.455 e. The Bertz CT molecular complexity index is 1460. The third-order valence-electron chi connectivity index (χ3n) is 6.02. The van der Waals surface area contributed by atoms with E-state index in [-0.39, 0.29) is 0 Å². The van der Waals surface area contributed by atoms with E-state index in [0.717, 1.165) is 56.3 Å². The molecule has 0 aliphatic carbocycles. The Balaban J connectivity index is 1.46. The van der Waals surface area contributed by atoms with Crippen molar-refractivity contribution in [3.05, 3.63) is 90.6 Å². The zero-order valence-electron chi connectivity index (χ0n) is 19.0. The van der Waals surface area contributed by atoms with Crippen LogP contribution in [0.4, 0.5) is 0 Å². The Hall–Kier alpha value is -3.83. The second-order valence-electron chi connectivity index (χ2n) is 8.40. The van der Waals surface area contributed by atoms with Gasteiger partial charge in [-0.15, -0.1) is 0 Å². The lowest BCUT2D eigenvalue weighted by Crippen LogP contribution is -1.87. The Labute approximate surface area is 195 Å². The average Bonchev–Trinajstić information content (AvgIpc) is 3.25. The normalized spacial score (nSPS) is 10.9. The number of nitrogens with zero attached hydrogens (tertiary/aromatic N) is 1. The molecule has 0 N–H and O–H groups in total. The molecule has 0 amide bonds. The number of aromatic nitrogens is 1. The van der Waals surface area contributed by atoms with Crippen molar-refractivity contribution >= 4 is 21.9 Å². The second-order valence-corrected chi connectivity index (χ2v) is 8.40. The van der Waals surface area contributed by atoms with Crippen LogP contribution >= 0.6 is 0 Å². The number of rotatable bonds is 6. The first-order chi connectivity index (χ1) is 16.3. The first-order valence-electron chi connectivity index (χ1n) is 11.8. The van der Waals surface area contributed by atoms with E-state index in [4.69, 9.17) is 4.42 Å². The number of furan rings is 1. The number of unbranched alkanes of at least 4 members (excludes halogenated alkanes) is 4. The summed E-state index contributed by atoms with van der Waals surface area (Å²) in [7, 11) is 0. The molecule has 0 bridgehead atoms. The van der Waals surface area contributed by atoms with Crippen molar-refractivity contribution in [3.8, 4) is 34.2 Å². The molecule has 0 atom stereocenters. The summed E-state index contributed by atoms with van der Waals surface area (Å²) >= 11 is 0. The van der Waals surface area contributed by atoms with Crippen LogP contribution in [0.1, 0.15) is 44.6 Å². The number of para-hydroxylation sites is 2. The van der Waals surface area contributed by atoms with Crippen LogP contribution in [0.25, 0.3) is 44.3 Å². The molecular weight excluding hydrogens is 402 g/mol. The summed E-state index contributed by atoms with van der Waals surface area (Å²) in [6.07, 6.45) is 7.84. The van der Waals surface area contributed by atoms with Gasteiger partial charge in [-0.2, -0.15) is 0 Å². The molecule has 0 fully saturated rings. The van der Waals surface area contributed by atoms with E-state index >= 15 is 0 Å². The highest BCUT2D eigenvalue weighted by atomic mass is 16.3. The summed E-state index contributed by atoms with van der Waals surface area (Å²) in [6.45, 7) is 2.23. The lowest BCUT2D eigenvalue weighted by Gasteiger charge is -2.06. The van der Waals surface area contributed by atoms with Crippen molar-refractivity contribution in [2.75, 3.05) is 0 Å². The van der Waals surface area contributed by atoms with Gasteiger partial charge in [0.05, 0.1) is 5.69 Å². The summed E-state index contributed by atoms with van der Waals surface area (Å²) < 4.78 is 6.22. The number of pyridine rings is 1. The predicted molar refractivity (Wildman–Crippen MR) is 138 cm³/mol. The van der Waals surface area contributed by atoms with Crippen LogP contribution in [0.3, 0.4) is 0 Å². The van der Waals surface area contributed by atoms with Gasteiger partial charge in [-0.05, 0) is 53.9 Å². The molecule has 0 aliphatic rings. The highest BCUT2D eigenvalue weighted by Gasteiger charge is 2.13. The first-order valence-corrected chi connectivity index (χ1v) is 11.8. The molecule has 5 aromatic rings. The third-order valence-corrected chi connectivity index (χ3v) is 6.02. The van der Waals surface area contributed by atoms with E-state index in [1.54, 1.807) is 0 Å². The summed E-state index contributed by atoms with van der Waals surface area (Å²) in [5, 5.41) is 2.25. The zero-order chi connectivity index (χ0) is 22.5. The van der Waals surface area contributed by atoms with Crippen molar-refractivity contribution in [3.63, 3.8) is 0 Å². The van der Waals surface area contributed by atoms with Gasteiger partial charge in [-0.3, -0.25) is 4.98 Å². The van der Waals surface area contributed by atoms with E-state index < -0.39 is 0 Å². The average molecular weight is 430 g/mol. The van der Waals surface area contributed by atoms with Crippen LogP contribution in [0.5, 0.6) is 0 Å². The van der Waals surface area contributed by atoms with Crippen molar-refractivity contribution < 1.29 is 4.42 Å². The number of hydrogen-bond acceptors (Lipinski definition) is 2. The summed E-state index contributed by atoms with van der Waals surface area (Å²) in [5.41, 5.74) is 7.02. The van der Waals surface area contributed by atoms with Crippen LogP contribution in [0.2, 0.25) is 0 Å². The molecule has 162 valence electrons. The molecule has 2 heteroatoms. The maximum Gasteiger partial charge on any atom is 0.144 e. The smallest absolute Gasteiger partial charge is 0.144 e. The first kappa shape index (κ1) is 21.0. The van der Waals surface area contributed by atoms with E-state index in [2.05, 4.69) is 84.4 Å². The Kier molecular flexibility index (Phi) is 6.22. The maximum absolute atomic E-state index is 6.22. The van der Waals surface area contributed by atoms with Gasteiger partial charge < -0.3 is 4.42 Å². The van der Waals surface area contributed by atoms with Gasteiger partial charge in [0.1, 0.15) is 11.2 Å². The lowest BCUT2D eigenvalue weighted by molar-refractivity contribution is 0.670. The molecule has 2 aromatic heterocycles. The molecule has 0 aliphatic heterocycles. The Morgan fingerprint density at radius 2 is 1.64 bits per heavy atom. The summed E-state index contributed by atoms with van der Waals surface area (Å²) in [5.74, 6) is 6.67. The summed E-state index contributed by atoms with van der Waals surface area (Å²) in [6, 6.07) is 27.1. The fraction of sp³-hybridized carbons (Fsp3) is 0.194. The van der Waals surface area contributed by atoms with Gasteiger partial charge in [0.25, 0.3) is 0 Å². The molecule has 3 aromatic carbocycles. The number of fused-ring (bicyclic) bond motifs is 3. The van der Waals surface area contributed by atoms with Crippen LogP contribution in [-0.2, 0) is 0 Å². The van der Waals surface area contributed by atoms with E-state index in [9.17, 15) is 0 Å². The summed E-state index contributed by atoms with van der Waals surface area (Å²) in [4.78, 5) is 4.68. The molecule has 33 heavy (non-hydrogen) atoms. The fourth-order valence-electron chi connectivity index (χ4n) is 4.29. The molecule has 0 spiro atoms. The standard InChI is InChI=1S/C31H27NO/c1-2-3-4-5-6-7-12-23-13-10-14-24(21-23)25-19-20-32-29(22-25)28-17-11-16-27-26-15-8-9-18-30(26)33-31(27)28/h8-11,13-22H,2-6H2,1H3. The lowest BCUT2D eigenvalue weighted by atomic mass is 10.0. The molecule has 0 radical (unpaired) electrons. The van der Waals surface area contributed by atoms with Gasteiger partial charge in [0, 0.05) is 34.5 Å². The van der Waals surface area contributed by atoms with Crippen molar-refractivity contribution in [2.45, 2.75) is 39.0 Å². The maximum atomic E-state index is 6.22. The number of benzene rings is 3. The van der Waals surface area contributed by atoms with Crippen molar-refractivity contribution in [1.29, 1.82) is 0 Å². The fourth-order valence-corrected chi connectivity index (χ4v) is 4.29. The predicted octanol–water partition coefficient (Wildman–Crippen LogP) is 8.64. The molecule has 0 saturated heterocycles. The molecule has 0 unspecified atom stereocenters. The topological polar surface area (TPSA) is 26.0 Å². The van der Waals surface area contributed by atoms with E-state index in [0.29, 0.717) is 0 Å². The monoisotopic (exact) mass is 429 g/mol. The van der Waals surface area contributed by atoms with E-state index in [1.165, 1.54) is 25.7 Å². The molecule has 2 heterocycles. The van der Waals surface area contributed by atoms with Crippen LogP contribution in [-0.4, -0.2) is 4.98 Å². The van der Waals surface area contributed by atoms with Crippen LogP contribution < -0.4 is 0 Å². The highest BCUT2D eigenvalue weighted by molar-refractivity contribution is 6.09. The van der Waals surface area contributed by atoms with E-state index in [1.807, 2.05) is 24.4 Å². The quantitative estimate of drug-likeness (QED) is 0.199. The number of hydrogen-bond donors (Lipinski definition) is 0. The minimum Gasteiger partial charge on any atom is -0.455 e. The van der Waals surface area contributed by atoms with Crippen LogP contribution in [0.15, 0.2) is 89.5 Å². The molecular formula is C31H27NO. The third kappa shape index (κ3) is 4.54. The molecule has 2 nitrogen and oxygen atoms in total. The van der Waals surface area contributed by atoms with Gasteiger partial charge >= 0.3 is 0 Å². The Morgan fingerprint density at radius 3 is 2.58 bits per heavy atom. The SMILES string of the molecule is CCCCCCC#Cc1cccc(-c2ccnc(-c3cccc4c3oc3ccccc34)c2)c1. The zero-order valence-corrected chi connectivity index (χ0v) is 19.0.